The molecule has 128 valence electrons. The third kappa shape index (κ3) is 4.96. The van der Waals surface area contributed by atoms with Crippen molar-refractivity contribution in [1.82, 2.24) is 10.2 Å². The minimum absolute atomic E-state index is 0.0863. The van der Waals surface area contributed by atoms with Gasteiger partial charge in [0.05, 0.1) is 0 Å². The lowest BCUT2D eigenvalue weighted by atomic mass is 9.86. The van der Waals surface area contributed by atoms with Crippen molar-refractivity contribution in [3.05, 3.63) is 29.3 Å². The molecular weight excluding hydrogens is 288 g/mol. The number of hydrogen-bond donors (Lipinski definition) is 2. The van der Waals surface area contributed by atoms with Crippen LogP contribution in [-0.2, 0) is 16.8 Å². The van der Waals surface area contributed by atoms with Gasteiger partial charge in [-0.2, -0.15) is 0 Å². The maximum atomic E-state index is 11.5. The predicted molar refractivity (Wildman–Crippen MR) is 93.5 cm³/mol. The third-order valence-electron chi connectivity index (χ3n) is 4.80. The maximum Gasteiger partial charge on any atom is 0.220 e. The van der Waals surface area contributed by atoms with Crippen LogP contribution in [0.5, 0.6) is 5.75 Å². The molecule has 0 aliphatic carbocycles. The van der Waals surface area contributed by atoms with Gasteiger partial charge in [0.15, 0.2) is 0 Å². The Kier molecular flexibility index (Phi) is 5.69. The molecule has 1 heterocycles. The smallest absolute Gasteiger partial charge is 0.220 e. The first-order chi connectivity index (χ1) is 10.8. The average Bonchev–Trinajstić information content (AvgIpc) is 2.50. The molecule has 1 saturated heterocycles. The Balaban J connectivity index is 1.95. The lowest BCUT2D eigenvalue weighted by Crippen LogP contribution is -2.35. The van der Waals surface area contributed by atoms with E-state index in [1.807, 2.05) is 12.1 Å². The number of aromatic hydroxyl groups is 1. The van der Waals surface area contributed by atoms with E-state index in [2.05, 4.69) is 37.1 Å². The minimum Gasteiger partial charge on any atom is -0.508 e. The summed E-state index contributed by atoms with van der Waals surface area (Å²) in [6, 6.07) is 5.95. The summed E-state index contributed by atoms with van der Waals surface area (Å²) >= 11 is 0. The molecule has 1 amide bonds. The van der Waals surface area contributed by atoms with E-state index >= 15 is 0 Å². The highest BCUT2D eigenvalue weighted by molar-refractivity contribution is 5.75. The van der Waals surface area contributed by atoms with Crippen molar-refractivity contribution in [3.63, 3.8) is 0 Å². The van der Waals surface area contributed by atoms with Gasteiger partial charge in [0.2, 0.25) is 5.91 Å². The lowest BCUT2D eigenvalue weighted by molar-refractivity contribution is -0.121. The van der Waals surface area contributed by atoms with E-state index in [4.69, 9.17) is 0 Å². The summed E-state index contributed by atoms with van der Waals surface area (Å²) in [6.45, 7) is 9.32. The van der Waals surface area contributed by atoms with Crippen molar-refractivity contribution in [2.45, 2.75) is 52.0 Å². The average molecular weight is 318 g/mol. The SMILES string of the molecule is CNC(=O)CC1CCN(Cc2cc(C(C)(C)C)ccc2O)CC1. The highest BCUT2D eigenvalue weighted by Gasteiger charge is 2.22. The zero-order valence-corrected chi connectivity index (χ0v) is 14.9. The molecular formula is C19H30N2O2. The van der Waals surface area contributed by atoms with Crippen molar-refractivity contribution >= 4 is 5.91 Å². The molecule has 2 N–H and O–H groups in total. The molecule has 0 radical (unpaired) electrons. The van der Waals surface area contributed by atoms with Gasteiger partial charge in [-0.05, 0) is 48.9 Å². The summed E-state index contributed by atoms with van der Waals surface area (Å²) in [6.07, 6.45) is 2.73. The molecule has 1 fully saturated rings. The van der Waals surface area contributed by atoms with Crippen LogP contribution < -0.4 is 5.32 Å². The van der Waals surface area contributed by atoms with E-state index in [0.29, 0.717) is 18.1 Å². The first kappa shape index (κ1) is 17.8. The molecule has 23 heavy (non-hydrogen) atoms. The number of carbonyl (C=O) groups is 1. The van der Waals surface area contributed by atoms with Crippen LogP contribution in [0.15, 0.2) is 18.2 Å². The standard InChI is InChI=1S/C19H30N2O2/c1-19(2,3)16-5-6-17(22)15(12-16)13-21-9-7-14(8-10-21)11-18(23)20-4/h5-6,12,14,22H,7-11,13H2,1-4H3,(H,20,23). The summed E-state index contributed by atoms with van der Waals surface area (Å²) in [7, 11) is 1.70. The molecule has 0 atom stereocenters. The number of rotatable bonds is 4. The van der Waals surface area contributed by atoms with Crippen molar-refractivity contribution in [2.24, 2.45) is 5.92 Å². The first-order valence-corrected chi connectivity index (χ1v) is 8.55. The summed E-state index contributed by atoms with van der Waals surface area (Å²) in [5.41, 5.74) is 2.34. The Morgan fingerprint density at radius 2 is 1.96 bits per heavy atom. The molecule has 0 bridgehead atoms. The number of likely N-dealkylation sites (tertiary alicyclic amines) is 1. The lowest BCUT2D eigenvalue weighted by Gasteiger charge is -2.32. The number of phenolic OH excluding ortho intramolecular Hbond substituents is 1. The van der Waals surface area contributed by atoms with E-state index in [1.165, 1.54) is 5.56 Å². The number of benzene rings is 1. The Morgan fingerprint density at radius 3 is 2.52 bits per heavy atom. The van der Waals surface area contributed by atoms with Gasteiger partial charge in [0.1, 0.15) is 5.75 Å². The van der Waals surface area contributed by atoms with Crippen molar-refractivity contribution in [1.29, 1.82) is 0 Å². The van der Waals surface area contributed by atoms with Crippen LogP contribution in [0.25, 0.3) is 0 Å². The second kappa shape index (κ2) is 7.35. The van der Waals surface area contributed by atoms with Crippen LogP contribution in [0, 0.1) is 5.92 Å². The summed E-state index contributed by atoms with van der Waals surface area (Å²) < 4.78 is 0. The van der Waals surface area contributed by atoms with Crippen molar-refractivity contribution in [2.75, 3.05) is 20.1 Å². The maximum absolute atomic E-state index is 11.5. The summed E-state index contributed by atoms with van der Waals surface area (Å²) in [5, 5.41) is 12.9. The van der Waals surface area contributed by atoms with Gasteiger partial charge >= 0.3 is 0 Å². The zero-order chi connectivity index (χ0) is 17.0. The number of phenols is 1. The molecule has 0 unspecified atom stereocenters. The third-order valence-corrected chi connectivity index (χ3v) is 4.80. The monoisotopic (exact) mass is 318 g/mol. The Morgan fingerprint density at radius 1 is 1.30 bits per heavy atom. The molecule has 2 rings (SSSR count). The number of piperidine rings is 1. The van der Waals surface area contributed by atoms with Crippen molar-refractivity contribution < 1.29 is 9.90 Å². The van der Waals surface area contributed by atoms with Crippen LogP contribution in [0.1, 0.15) is 51.2 Å². The fourth-order valence-electron chi connectivity index (χ4n) is 3.13. The van der Waals surface area contributed by atoms with E-state index in [0.717, 1.165) is 38.0 Å². The fraction of sp³-hybridized carbons (Fsp3) is 0.632. The Bertz CT molecular complexity index is 541. The summed E-state index contributed by atoms with van der Waals surface area (Å²) in [5.74, 6) is 1.00. The number of amides is 1. The molecule has 1 aliphatic heterocycles. The Labute approximate surface area is 139 Å². The molecule has 0 spiro atoms. The fourth-order valence-corrected chi connectivity index (χ4v) is 3.13. The second-order valence-corrected chi connectivity index (χ2v) is 7.69. The molecule has 4 nitrogen and oxygen atoms in total. The van der Waals surface area contributed by atoms with E-state index < -0.39 is 0 Å². The molecule has 1 aromatic carbocycles. The van der Waals surface area contributed by atoms with Gasteiger partial charge in [-0.25, -0.2) is 0 Å². The molecule has 0 aromatic heterocycles. The molecule has 0 saturated carbocycles. The van der Waals surface area contributed by atoms with Crippen LogP contribution in [0.3, 0.4) is 0 Å². The van der Waals surface area contributed by atoms with Gasteiger partial charge in [0, 0.05) is 25.6 Å². The Hall–Kier alpha value is -1.55. The highest BCUT2D eigenvalue weighted by Crippen LogP contribution is 2.29. The van der Waals surface area contributed by atoms with E-state index in [1.54, 1.807) is 7.05 Å². The number of carbonyl (C=O) groups excluding carboxylic acids is 1. The molecule has 4 heteroatoms. The summed E-state index contributed by atoms with van der Waals surface area (Å²) in [4.78, 5) is 13.8. The van der Waals surface area contributed by atoms with Crippen molar-refractivity contribution in [3.8, 4) is 5.75 Å². The normalized spacial score (nSPS) is 17.2. The number of nitrogens with one attached hydrogen (secondary N) is 1. The minimum atomic E-state index is 0.0863. The predicted octanol–water partition coefficient (Wildman–Crippen LogP) is 3.04. The van der Waals surface area contributed by atoms with Crippen LogP contribution in [0.2, 0.25) is 0 Å². The van der Waals surface area contributed by atoms with Gasteiger partial charge < -0.3 is 10.4 Å². The first-order valence-electron chi connectivity index (χ1n) is 8.55. The molecule has 1 aromatic rings. The largest absolute Gasteiger partial charge is 0.508 e. The number of nitrogens with zero attached hydrogens (tertiary/aromatic N) is 1. The topological polar surface area (TPSA) is 52.6 Å². The van der Waals surface area contributed by atoms with E-state index in [-0.39, 0.29) is 11.3 Å². The second-order valence-electron chi connectivity index (χ2n) is 7.69. The molecule has 1 aliphatic rings. The van der Waals surface area contributed by atoms with Crippen LogP contribution >= 0.6 is 0 Å². The zero-order valence-electron chi connectivity index (χ0n) is 14.9. The van der Waals surface area contributed by atoms with Crippen LogP contribution in [-0.4, -0.2) is 36.1 Å². The van der Waals surface area contributed by atoms with Gasteiger partial charge in [0.25, 0.3) is 0 Å². The quantitative estimate of drug-likeness (QED) is 0.897. The van der Waals surface area contributed by atoms with Gasteiger partial charge in [-0.3, -0.25) is 9.69 Å². The van der Waals surface area contributed by atoms with Gasteiger partial charge in [-0.1, -0.05) is 32.9 Å². The number of hydrogen-bond acceptors (Lipinski definition) is 3. The van der Waals surface area contributed by atoms with Crippen LogP contribution in [0.4, 0.5) is 0 Å². The van der Waals surface area contributed by atoms with Gasteiger partial charge in [-0.15, -0.1) is 0 Å². The van der Waals surface area contributed by atoms with E-state index in [9.17, 15) is 9.90 Å². The highest BCUT2D eigenvalue weighted by atomic mass is 16.3.